The van der Waals surface area contributed by atoms with Gasteiger partial charge in [0.1, 0.15) is 0 Å². The predicted molar refractivity (Wildman–Crippen MR) is 97.5 cm³/mol. The smallest absolute Gasteiger partial charge is 0.255 e. The molecule has 0 heterocycles. The maximum atomic E-state index is 12.2. The van der Waals surface area contributed by atoms with Crippen LogP contribution in [-0.4, -0.2) is 34.6 Å². The number of rotatable bonds is 8. The highest BCUT2D eigenvalue weighted by Gasteiger charge is 2.14. The number of nitrogens with one attached hydrogen (secondary N) is 2. The van der Waals surface area contributed by atoms with Gasteiger partial charge < -0.3 is 10.1 Å². The molecular weight excluding hydrogens is 364 g/mol. The molecule has 6 nitrogen and oxygen atoms in total. The summed E-state index contributed by atoms with van der Waals surface area (Å²) in [4.78, 5) is 12.3. The van der Waals surface area contributed by atoms with Crippen molar-refractivity contribution in [2.45, 2.75) is 11.3 Å². The van der Waals surface area contributed by atoms with Gasteiger partial charge in [0.05, 0.1) is 4.90 Å². The van der Waals surface area contributed by atoms with Gasteiger partial charge in [-0.25, -0.2) is 13.1 Å². The summed E-state index contributed by atoms with van der Waals surface area (Å²) < 4.78 is 31.6. The minimum atomic E-state index is -3.60. The Bertz CT molecular complexity index is 823. The minimum Gasteiger partial charge on any atom is -0.385 e. The van der Waals surface area contributed by atoms with Crippen LogP contribution in [0.1, 0.15) is 16.8 Å². The summed E-state index contributed by atoms with van der Waals surface area (Å²) >= 11 is 5.87. The highest BCUT2D eigenvalue weighted by molar-refractivity contribution is 7.89. The summed E-state index contributed by atoms with van der Waals surface area (Å²) in [5, 5.41) is 3.22. The van der Waals surface area contributed by atoms with Crippen LogP contribution in [-0.2, 0) is 14.8 Å². The van der Waals surface area contributed by atoms with Crippen LogP contribution in [0.2, 0.25) is 5.02 Å². The summed E-state index contributed by atoms with van der Waals surface area (Å²) in [6, 6.07) is 12.5. The standard InChI is InChI=1S/C17H19ClN2O4S/c1-24-11-3-10-19-25(22,23)16-8-6-13(7-9-16)17(21)20-15-5-2-4-14(18)12-15/h2,4-9,12,19H,3,10-11H2,1H3,(H,20,21). The van der Waals surface area contributed by atoms with Crippen molar-refractivity contribution in [3.05, 3.63) is 59.1 Å². The van der Waals surface area contributed by atoms with Crippen LogP contribution in [0.15, 0.2) is 53.4 Å². The SMILES string of the molecule is COCCCNS(=O)(=O)c1ccc(C(=O)Nc2cccc(Cl)c2)cc1. The lowest BCUT2D eigenvalue weighted by Gasteiger charge is -2.08. The molecule has 0 saturated carbocycles. The van der Waals surface area contributed by atoms with Crippen LogP contribution in [0.4, 0.5) is 5.69 Å². The second-order valence-corrected chi connectivity index (χ2v) is 7.44. The second-order valence-electron chi connectivity index (χ2n) is 5.23. The van der Waals surface area contributed by atoms with Crippen LogP contribution in [0.5, 0.6) is 0 Å². The fourth-order valence-electron chi connectivity index (χ4n) is 2.06. The molecular formula is C17H19ClN2O4S. The average Bonchev–Trinajstić information content (AvgIpc) is 2.59. The van der Waals surface area contributed by atoms with E-state index >= 15 is 0 Å². The van der Waals surface area contributed by atoms with Crippen molar-refractivity contribution in [3.8, 4) is 0 Å². The maximum absolute atomic E-state index is 12.2. The number of halogens is 1. The molecule has 0 aliphatic heterocycles. The zero-order valence-electron chi connectivity index (χ0n) is 13.7. The van der Waals surface area contributed by atoms with Crippen molar-refractivity contribution in [1.82, 2.24) is 4.72 Å². The molecule has 0 atom stereocenters. The number of carbonyl (C=O) groups excluding carboxylic acids is 1. The van der Waals surface area contributed by atoms with Crippen molar-refractivity contribution in [1.29, 1.82) is 0 Å². The van der Waals surface area contributed by atoms with Crippen LogP contribution in [0, 0.1) is 0 Å². The Morgan fingerprint density at radius 2 is 1.88 bits per heavy atom. The highest BCUT2D eigenvalue weighted by atomic mass is 35.5. The summed E-state index contributed by atoms with van der Waals surface area (Å²) in [5.74, 6) is -0.348. The van der Waals surface area contributed by atoms with Gasteiger partial charge in [-0.05, 0) is 48.9 Å². The van der Waals surface area contributed by atoms with E-state index in [1.165, 1.54) is 24.3 Å². The quantitative estimate of drug-likeness (QED) is 0.687. The third kappa shape index (κ3) is 5.82. The molecule has 0 unspecified atom stereocenters. The van der Waals surface area contributed by atoms with Gasteiger partial charge in [0.15, 0.2) is 0 Å². The number of carbonyl (C=O) groups is 1. The van der Waals surface area contributed by atoms with Gasteiger partial charge in [-0.3, -0.25) is 4.79 Å². The third-order valence-corrected chi connectivity index (χ3v) is 5.04. The van der Waals surface area contributed by atoms with E-state index in [-0.39, 0.29) is 17.3 Å². The van der Waals surface area contributed by atoms with Crippen LogP contribution in [0.25, 0.3) is 0 Å². The molecule has 1 amide bonds. The average molecular weight is 383 g/mol. The monoisotopic (exact) mass is 382 g/mol. The summed E-state index contributed by atoms with van der Waals surface area (Å²) in [7, 11) is -2.05. The number of anilines is 1. The van der Waals surface area contributed by atoms with E-state index in [1.807, 2.05) is 0 Å². The number of hydrogen-bond acceptors (Lipinski definition) is 4. The van der Waals surface area contributed by atoms with E-state index in [0.717, 1.165) is 0 Å². The number of benzene rings is 2. The van der Waals surface area contributed by atoms with Crippen molar-refractivity contribution < 1.29 is 17.9 Å². The Balaban J connectivity index is 2.02. The molecule has 2 rings (SSSR count). The zero-order valence-corrected chi connectivity index (χ0v) is 15.2. The van der Waals surface area contributed by atoms with Crippen molar-refractivity contribution in [2.24, 2.45) is 0 Å². The molecule has 0 spiro atoms. The molecule has 8 heteroatoms. The van der Waals surface area contributed by atoms with Gasteiger partial charge in [-0.2, -0.15) is 0 Å². The van der Waals surface area contributed by atoms with Gasteiger partial charge in [0.2, 0.25) is 10.0 Å². The van der Waals surface area contributed by atoms with Crippen LogP contribution >= 0.6 is 11.6 Å². The number of methoxy groups -OCH3 is 1. The fraction of sp³-hybridized carbons (Fsp3) is 0.235. The first-order valence-electron chi connectivity index (χ1n) is 7.58. The second kappa shape index (κ2) is 8.96. The van der Waals surface area contributed by atoms with Crippen LogP contribution < -0.4 is 10.0 Å². The molecule has 0 saturated heterocycles. The number of hydrogen-bond donors (Lipinski definition) is 2. The normalized spacial score (nSPS) is 11.3. The van der Waals surface area contributed by atoms with Gasteiger partial charge in [0.25, 0.3) is 5.91 Å². The Morgan fingerprint density at radius 3 is 2.52 bits per heavy atom. The number of ether oxygens (including phenoxy) is 1. The molecule has 2 N–H and O–H groups in total. The zero-order chi connectivity index (χ0) is 18.3. The van der Waals surface area contributed by atoms with E-state index in [2.05, 4.69) is 10.0 Å². The first-order valence-corrected chi connectivity index (χ1v) is 9.44. The number of amides is 1. The predicted octanol–water partition coefficient (Wildman–Crippen LogP) is 2.91. The largest absolute Gasteiger partial charge is 0.385 e. The van der Waals surface area contributed by atoms with E-state index in [9.17, 15) is 13.2 Å². The molecule has 25 heavy (non-hydrogen) atoms. The Hall–Kier alpha value is -1.93. The lowest BCUT2D eigenvalue weighted by atomic mass is 10.2. The Morgan fingerprint density at radius 1 is 1.16 bits per heavy atom. The van der Waals surface area contributed by atoms with E-state index in [4.69, 9.17) is 16.3 Å². The molecule has 134 valence electrons. The summed E-state index contributed by atoms with van der Waals surface area (Å²) in [5.41, 5.74) is 0.910. The molecule has 0 aliphatic carbocycles. The Kier molecular flexibility index (Phi) is 6.95. The molecule has 0 bridgehead atoms. The molecule has 0 aromatic heterocycles. The van der Waals surface area contributed by atoms with Gasteiger partial charge in [0, 0.05) is 36.5 Å². The third-order valence-electron chi connectivity index (χ3n) is 3.33. The van der Waals surface area contributed by atoms with E-state index in [0.29, 0.717) is 29.3 Å². The molecule has 2 aromatic rings. The van der Waals surface area contributed by atoms with Crippen molar-refractivity contribution in [2.75, 3.05) is 25.6 Å². The first-order chi connectivity index (χ1) is 11.9. The maximum Gasteiger partial charge on any atom is 0.255 e. The topological polar surface area (TPSA) is 84.5 Å². The lowest BCUT2D eigenvalue weighted by molar-refractivity contribution is 0.102. The molecule has 2 aromatic carbocycles. The lowest BCUT2D eigenvalue weighted by Crippen LogP contribution is -2.25. The van der Waals surface area contributed by atoms with E-state index < -0.39 is 10.0 Å². The van der Waals surface area contributed by atoms with Gasteiger partial charge in [-0.15, -0.1) is 0 Å². The van der Waals surface area contributed by atoms with Gasteiger partial charge >= 0.3 is 0 Å². The summed E-state index contributed by atoms with van der Waals surface area (Å²) in [6.07, 6.45) is 0.579. The van der Waals surface area contributed by atoms with Crippen molar-refractivity contribution >= 4 is 33.2 Å². The molecule has 0 aliphatic rings. The molecule has 0 fully saturated rings. The first kappa shape index (κ1) is 19.4. The van der Waals surface area contributed by atoms with Crippen molar-refractivity contribution in [3.63, 3.8) is 0 Å². The summed E-state index contributed by atoms with van der Waals surface area (Å²) in [6.45, 7) is 0.762. The van der Waals surface area contributed by atoms with Crippen LogP contribution in [0.3, 0.4) is 0 Å². The highest BCUT2D eigenvalue weighted by Crippen LogP contribution is 2.17. The fourth-order valence-corrected chi connectivity index (χ4v) is 3.33. The van der Waals surface area contributed by atoms with Gasteiger partial charge in [-0.1, -0.05) is 17.7 Å². The minimum absolute atomic E-state index is 0.101. The Labute approximate surface area is 152 Å². The molecule has 0 radical (unpaired) electrons. The number of sulfonamides is 1. The van der Waals surface area contributed by atoms with E-state index in [1.54, 1.807) is 31.4 Å².